The summed E-state index contributed by atoms with van der Waals surface area (Å²) in [7, 11) is 1.62. The van der Waals surface area contributed by atoms with Crippen molar-refractivity contribution >= 4 is 10.8 Å². The Bertz CT molecular complexity index is 603. The molecular weight excluding hydrogens is 228 g/mol. The van der Waals surface area contributed by atoms with Gasteiger partial charge >= 0.3 is 0 Å². The van der Waals surface area contributed by atoms with Crippen molar-refractivity contribution in [2.75, 3.05) is 20.3 Å². The smallest absolute Gasteiger partial charge is 0.230 e. The lowest BCUT2D eigenvalue weighted by atomic mass is 10.1. The van der Waals surface area contributed by atoms with Gasteiger partial charge in [-0.1, -0.05) is 5.92 Å². The molecule has 18 heavy (non-hydrogen) atoms. The summed E-state index contributed by atoms with van der Waals surface area (Å²) in [5.74, 6) is 3.12. The van der Waals surface area contributed by atoms with Crippen LogP contribution in [-0.4, -0.2) is 30.3 Å². The number of hydrogen-bond acceptors (Lipinski definition) is 4. The van der Waals surface area contributed by atoms with Crippen LogP contribution in [0.15, 0.2) is 18.6 Å². The first-order valence-corrected chi connectivity index (χ1v) is 5.59. The molecule has 0 aliphatic heterocycles. The zero-order valence-electron chi connectivity index (χ0n) is 10.4. The topological polar surface area (TPSA) is 44.2 Å². The second-order valence-corrected chi connectivity index (χ2v) is 3.84. The molecule has 0 atom stereocenters. The number of hydrogen-bond donors (Lipinski definition) is 0. The van der Waals surface area contributed by atoms with E-state index in [0.29, 0.717) is 24.7 Å². The van der Waals surface area contributed by atoms with Crippen molar-refractivity contribution in [3.63, 3.8) is 0 Å². The van der Waals surface area contributed by atoms with Gasteiger partial charge in [-0.05, 0) is 12.5 Å². The number of nitrogens with zero attached hydrogens (tertiary/aromatic N) is 2. The van der Waals surface area contributed by atoms with Gasteiger partial charge < -0.3 is 9.47 Å². The number of ether oxygens (including phenoxy) is 2. The Morgan fingerprint density at radius 2 is 2.11 bits per heavy atom. The van der Waals surface area contributed by atoms with Crippen LogP contribution in [0, 0.1) is 19.3 Å². The first-order chi connectivity index (χ1) is 8.77. The minimum Gasteiger partial charge on any atom is -0.474 e. The highest BCUT2D eigenvalue weighted by molar-refractivity contribution is 5.90. The Hall–Kier alpha value is -2.12. The standard InChI is InChI=1S/C14H14N2O2/c1-4-12-13-10(2)7-15-8-11(13)9-16-14(12)18-6-5-17-3/h1,7-9H,5-6H2,2-3H3. The fourth-order valence-electron chi connectivity index (χ4n) is 1.79. The van der Waals surface area contributed by atoms with Crippen LogP contribution in [0.1, 0.15) is 11.1 Å². The summed E-state index contributed by atoms with van der Waals surface area (Å²) >= 11 is 0. The van der Waals surface area contributed by atoms with Crippen molar-refractivity contribution in [1.82, 2.24) is 9.97 Å². The quantitative estimate of drug-likeness (QED) is 0.607. The molecule has 2 aromatic rings. The van der Waals surface area contributed by atoms with E-state index >= 15 is 0 Å². The fraction of sp³-hybridized carbons (Fsp3) is 0.286. The lowest BCUT2D eigenvalue weighted by molar-refractivity contribution is 0.143. The molecule has 2 aromatic heterocycles. The molecule has 2 rings (SSSR count). The van der Waals surface area contributed by atoms with Gasteiger partial charge in [-0.15, -0.1) is 6.42 Å². The van der Waals surface area contributed by atoms with Gasteiger partial charge in [-0.25, -0.2) is 4.98 Å². The normalized spacial score (nSPS) is 10.3. The maximum absolute atomic E-state index is 5.57. The summed E-state index contributed by atoms with van der Waals surface area (Å²) in [6, 6.07) is 0. The lowest BCUT2D eigenvalue weighted by Gasteiger charge is -2.10. The van der Waals surface area contributed by atoms with Crippen molar-refractivity contribution < 1.29 is 9.47 Å². The first kappa shape index (κ1) is 12.3. The van der Waals surface area contributed by atoms with Crippen molar-refractivity contribution in [3.8, 4) is 18.2 Å². The molecule has 0 unspecified atom stereocenters. The highest BCUT2D eigenvalue weighted by Crippen LogP contribution is 2.26. The van der Waals surface area contributed by atoms with Crippen molar-refractivity contribution in [3.05, 3.63) is 29.7 Å². The van der Waals surface area contributed by atoms with Crippen molar-refractivity contribution in [2.45, 2.75) is 6.92 Å². The van der Waals surface area contributed by atoms with E-state index in [1.807, 2.05) is 6.92 Å². The molecule has 0 saturated heterocycles. The highest BCUT2D eigenvalue weighted by Gasteiger charge is 2.10. The maximum atomic E-state index is 5.57. The van der Waals surface area contributed by atoms with Crippen LogP contribution in [0.4, 0.5) is 0 Å². The second kappa shape index (κ2) is 5.48. The van der Waals surface area contributed by atoms with Crippen LogP contribution in [0.5, 0.6) is 5.88 Å². The maximum Gasteiger partial charge on any atom is 0.230 e. The Labute approximate surface area is 106 Å². The number of methoxy groups -OCH3 is 1. The van der Waals surface area contributed by atoms with E-state index in [9.17, 15) is 0 Å². The Kier molecular flexibility index (Phi) is 3.75. The molecule has 0 saturated carbocycles. The van der Waals surface area contributed by atoms with Crippen LogP contribution in [0.25, 0.3) is 10.8 Å². The molecule has 4 nitrogen and oxygen atoms in total. The molecule has 2 heterocycles. The minimum atomic E-state index is 0.424. The van der Waals surface area contributed by atoms with Gasteiger partial charge in [-0.3, -0.25) is 4.98 Å². The van der Waals surface area contributed by atoms with Crippen molar-refractivity contribution in [2.24, 2.45) is 0 Å². The zero-order chi connectivity index (χ0) is 13.0. The Morgan fingerprint density at radius 1 is 1.28 bits per heavy atom. The summed E-state index contributed by atoms with van der Waals surface area (Å²) < 4.78 is 10.5. The van der Waals surface area contributed by atoms with Crippen LogP contribution in [-0.2, 0) is 4.74 Å². The van der Waals surface area contributed by atoms with Crippen LogP contribution < -0.4 is 4.74 Å². The number of fused-ring (bicyclic) bond motifs is 1. The molecule has 0 fully saturated rings. The van der Waals surface area contributed by atoms with Crippen LogP contribution in [0.2, 0.25) is 0 Å². The van der Waals surface area contributed by atoms with Gasteiger partial charge in [0, 0.05) is 36.5 Å². The van der Waals surface area contributed by atoms with E-state index in [1.54, 1.807) is 25.7 Å². The van der Waals surface area contributed by atoms with E-state index in [-0.39, 0.29) is 0 Å². The molecule has 0 aliphatic rings. The fourth-order valence-corrected chi connectivity index (χ4v) is 1.79. The van der Waals surface area contributed by atoms with Gasteiger partial charge in [0.2, 0.25) is 5.88 Å². The van der Waals surface area contributed by atoms with E-state index in [2.05, 4.69) is 15.9 Å². The number of rotatable bonds is 4. The first-order valence-electron chi connectivity index (χ1n) is 5.59. The molecule has 0 bridgehead atoms. The SMILES string of the molecule is C#Cc1c(OCCOC)ncc2cncc(C)c12. The molecule has 0 spiro atoms. The van der Waals surface area contributed by atoms with E-state index in [4.69, 9.17) is 15.9 Å². The van der Waals surface area contributed by atoms with Crippen molar-refractivity contribution in [1.29, 1.82) is 0 Å². The Morgan fingerprint density at radius 3 is 2.83 bits per heavy atom. The monoisotopic (exact) mass is 242 g/mol. The number of aryl methyl sites for hydroxylation is 1. The Balaban J connectivity index is 2.49. The summed E-state index contributed by atoms with van der Waals surface area (Å²) in [4.78, 5) is 8.35. The predicted octanol–water partition coefficient (Wildman–Crippen LogP) is 1.94. The van der Waals surface area contributed by atoms with Gasteiger partial charge in [-0.2, -0.15) is 0 Å². The van der Waals surface area contributed by atoms with Crippen LogP contribution >= 0.6 is 0 Å². The molecule has 0 N–H and O–H groups in total. The summed E-state index contributed by atoms with van der Waals surface area (Å²) in [6.45, 7) is 2.89. The minimum absolute atomic E-state index is 0.424. The highest BCUT2D eigenvalue weighted by atomic mass is 16.5. The summed E-state index contributed by atoms with van der Waals surface area (Å²) in [6.07, 6.45) is 10.8. The molecule has 4 heteroatoms. The van der Waals surface area contributed by atoms with Gasteiger partial charge in [0.25, 0.3) is 0 Å². The molecular formula is C14H14N2O2. The lowest BCUT2D eigenvalue weighted by Crippen LogP contribution is -2.07. The third kappa shape index (κ3) is 2.27. The number of aromatic nitrogens is 2. The molecule has 92 valence electrons. The largest absolute Gasteiger partial charge is 0.474 e. The van der Waals surface area contributed by atoms with Gasteiger partial charge in [0.05, 0.1) is 12.2 Å². The van der Waals surface area contributed by atoms with E-state index in [0.717, 1.165) is 16.3 Å². The average molecular weight is 242 g/mol. The average Bonchev–Trinajstić information content (AvgIpc) is 2.39. The number of pyridine rings is 2. The second-order valence-electron chi connectivity index (χ2n) is 3.84. The molecule has 0 radical (unpaired) electrons. The van der Waals surface area contributed by atoms with Crippen LogP contribution in [0.3, 0.4) is 0 Å². The zero-order valence-corrected chi connectivity index (χ0v) is 10.4. The van der Waals surface area contributed by atoms with Gasteiger partial charge in [0.1, 0.15) is 6.61 Å². The van der Waals surface area contributed by atoms with Gasteiger partial charge in [0.15, 0.2) is 0 Å². The third-order valence-corrected chi connectivity index (χ3v) is 2.62. The van der Waals surface area contributed by atoms with E-state index in [1.165, 1.54) is 0 Å². The summed E-state index contributed by atoms with van der Waals surface area (Å²) in [5.41, 5.74) is 1.68. The molecule has 0 amide bonds. The number of terminal acetylenes is 1. The predicted molar refractivity (Wildman–Crippen MR) is 69.6 cm³/mol. The molecule has 0 aliphatic carbocycles. The van der Waals surface area contributed by atoms with E-state index < -0.39 is 0 Å². The molecule has 0 aromatic carbocycles. The summed E-state index contributed by atoms with van der Waals surface area (Å²) in [5, 5.41) is 1.89. The third-order valence-electron chi connectivity index (χ3n) is 2.62.